The maximum absolute atomic E-state index is 12.1. The Hall–Kier alpha value is -0.300. The normalized spacial score (nSPS) is 20.2. The Kier molecular flexibility index (Phi) is 5.11. The fourth-order valence-corrected chi connectivity index (χ4v) is 4.33. The van der Waals surface area contributed by atoms with Gasteiger partial charge in [0, 0.05) is 0 Å². The molecule has 0 aromatic heterocycles. The average Bonchev–Trinajstić information content (AvgIpc) is 2.35. The molecule has 1 heterocycles. The minimum absolute atomic E-state index is 0.138. The maximum Gasteiger partial charge on any atom is 0.233 e. The van der Waals surface area contributed by atoms with Crippen molar-refractivity contribution in [2.45, 2.75) is 12.8 Å². The van der Waals surface area contributed by atoms with Gasteiger partial charge < -0.3 is 5.32 Å². The number of nitrogens with one attached hydrogen (secondary N) is 2. The Morgan fingerprint density at radius 3 is 2.95 bits per heavy atom. The topological polar surface area (TPSA) is 58.2 Å². The van der Waals surface area contributed by atoms with Crippen LogP contribution in [0.15, 0.2) is 22.7 Å². The molecule has 2 rings (SSSR count). The molecule has 1 aliphatic rings. The summed E-state index contributed by atoms with van der Waals surface area (Å²) in [5, 5.41) is 3.70. The van der Waals surface area contributed by atoms with Crippen molar-refractivity contribution in [2.75, 3.05) is 23.6 Å². The highest BCUT2D eigenvalue weighted by molar-refractivity contribution is 9.10. The van der Waals surface area contributed by atoms with Crippen molar-refractivity contribution in [3.8, 4) is 0 Å². The highest BCUT2D eigenvalue weighted by atomic mass is 79.9. The molecule has 0 amide bonds. The molecular formula is C12H16BrClN2O2S. The predicted octanol–water partition coefficient (Wildman–Crippen LogP) is 2.84. The van der Waals surface area contributed by atoms with E-state index in [0.29, 0.717) is 15.2 Å². The Bertz CT molecular complexity index is 545. The maximum atomic E-state index is 12.1. The SMILES string of the molecule is O=S(=O)(CC1CCCNC1)Nc1cccc(Cl)c1Br. The van der Waals surface area contributed by atoms with E-state index in [4.69, 9.17) is 11.6 Å². The monoisotopic (exact) mass is 366 g/mol. The Morgan fingerprint density at radius 2 is 2.26 bits per heavy atom. The Labute approximate surface area is 127 Å². The third kappa shape index (κ3) is 4.34. The first kappa shape index (κ1) is 15.1. The summed E-state index contributed by atoms with van der Waals surface area (Å²) in [6.07, 6.45) is 1.98. The van der Waals surface area contributed by atoms with E-state index < -0.39 is 10.0 Å². The molecule has 0 saturated carbocycles. The summed E-state index contributed by atoms with van der Waals surface area (Å²) in [4.78, 5) is 0. The molecule has 1 saturated heterocycles. The van der Waals surface area contributed by atoms with Crippen LogP contribution in [0.3, 0.4) is 0 Å². The van der Waals surface area contributed by atoms with Crippen LogP contribution in [0.2, 0.25) is 5.02 Å². The van der Waals surface area contributed by atoms with Gasteiger partial charge in [-0.2, -0.15) is 0 Å². The van der Waals surface area contributed by atoms with Gasteiger partial charge in [0.1, 0.15) is 0 Å². The molecule has 2 N–H and O–H groups in total. The van der Waals surface area contributed by atoms with E-state index in [-0.39, 0.29) is 11.7 Å². The van der Waals surface area contributed by atoms with Gasteiger partial charge in [0.15, 0.2) is 0 Å². The summed E-state index contributed by atoms with van der Waals surface area (Å²) in [5.74, 6) is 0.308. The number of anilines is 1. The van der Waals surface area contributed by atoms with E-state index in [2.05, 4.69) is 26.0 Å². The molecule has 1 aromatic rings. The number of benzene rings is 1. The Morgan fingerprint density at radius 1 is 1.47 bits per heavy atom. The van der Waals surface area contributed by atoms with Crippen LogP contribution >= 0.6 is 27.5 Å². The zero-order valence-electron chi connectivity index (χ0n) is 10.3. The quantitative estimate of drug-likeness (QED) is 0.860. The van der Waals surface area contributed by atoms with E-state index in [9.17, 15) is 8.42 Å². The second-order valence-electron chi connectivity index (χ2n) is 4.70. The third-order valence-corrected chi connectivity index (χ3v) is 5.91. The average molecular weight is 368 g/mol. The molecule has 19 heavy (non-hydrogen) atoms. The molecule has 1 unspecified atom stereocenters. The molecular weight excluding hydrogens is 352 g/mol. The van der Waals surface area contributed by atoms with Crippen LogP contribution in [-0.2, 0) is 10.0 Å². The molecule has 0 aliphatic carbocycles. The highest BCUT2D eigenvalue weighted by Crippen LogP contribution is 2.31. The molecule has 0 spiro atoms. The first-order chi connectivity index (χ1) is 8.98. The van der Waals surface area contributed by atoms with Crippen molar-refractivity contribution in [3.05, 3.63) is 27.7 Å². The van der Waals surface area contributed by atoms with Gasteiger partial charge in [-0.3, -0.25) is 4.72 Å². The van der Waals surface area contributed by atoms with E-state index >= 15 is 0 Å². The predicted molar refractivity (Wildman–Crippen MR) is 82.2 cm³/mol. The van der Waals surface area contributed by atoms with Gasteiger partial charge in [-0.05, 0) is 59.9 Å². The van der Waals surface area contributed by atoms with Crippen LogP contribution in [0, 0.1) is 5.92 Å². The highest BCUT2D eigenvalue weighted by Gasteiger charge is 2.22. The van der Waals surface area contributed by atoms with Gasteiger partial charge >= 0.3 is 0 Å². The summed E-state index contributed by atoms with van der Waals surface area (Å²) < 4.78 is 27.4. The lowest BCUT2D eigenvalue weighted by atomic mass is 10.0. The minimum atomic E-state index is -3.35. The van der Waals surface area contributed by atoms with Crippen molar-refractivity contribution >= 4 is 43.2 Å². The lowest BCUT2D eigenvalue weighted by molar-refractivity contribution is 0.404. The fraction of sp³-hybridized carbons (Fsp3) is 0.500. The van der Waals surface area contributed by atoms with Crippen molar-refractivity contribution in [3.63, 3.8) is 0 Å². The van der Waals surface area contributed by atoms with Crippen LogP contribution in [0.25, 0.3) is 0 Å². The van der Waals surface area contributed by atoms with Crippen molar-refractivity contribution < 1.29 is 8.42 Å². The smallest absolute Gasteiger partial charge is 0.233 e. The van der Waals surface area contributed by atoms with Gasteiger partial charge in [-0.1, -0.05) is 17.7 Å². The molecule has 0 radical (unpaired) electrons. The zero-order valence-corrected chi connectivity index (χ0v) is 13.5. The van der Waals surface area contributed by atoms with Gasteiger partial charge in [0.25, 0.3) is 0 Å². The lowest BCUT2D eigenvalue weighted by Crippen LogP contribution is -2.35. The van der Waals surface area contributed by atoms with Crippen LogP contribution in [0.1, 0.15) is 12.8 Å². The van der Waals surface area contributed by atoms with E-state index in [1.807, 2.05) is 0 Å². The summed E-state index contributed by atoms with van der Waals surface area (Å²) in [5.41, 5.74) is 0.483. The van der Waals surface area contributed by atoms with Gasteiger partial charge in [-0.15, -0.1) is 0 Å². The minimum Gasteiger partial charge on any atom is -0.316 e. The van der Waals surface area contributed by atoms with Crippen LogP contribution in [-0.4, -0.2) is 27.3 Å². The molecule has 0 bridgehead atoms. The molecule has 1 aliphatic heterocycles. The van der Waals surface area contributed by atoms with Crippen molar-refractivity contribution in [1.82, 2.24) is 5.32 Å². The van der Waals surface area contributed by atoms with Crippen molar-refractivity contribution in [2.24, 2.45) is 5.92 Å². The molecule has 7 heteroatoms. The number of sulfonamides is 1. The molecule has 106 valence electrons. The standard InChI is InChI=1S/C12H16BrClN2O2S/c13-12-10(14)4-1-5-11(12)16-19(17,18)8-9-3-2-6-15-7-9/h1,4-5,9,15-16H,2-3,6-8H2. The third-order valence-electron chi connectivity index (χ3n) is 3.07. The summed E-state index contributed by atoms with van der Waals surface area (Å²) in [6.45, 7) is 1.74. The molecule has 1 aromatic carbocycles. The first-order valence-electron chi connectivity index (χ1n) is 6.13. The van der Waals surface area contributed by atoms with Gasteiger partial charge in [0.2, 0.25) is 10.0 Å². The van der Waals surface area contributed by atoms with Gasteiger partial charge in [0.05, 0.1) is 20.9 Å². The summed E-state index contributed by atoms with van der Waals surface area (Å²) in [6, 6.07) is 5.11. The number of hydrogen-bond donors (Lipinski definition) is 2. The largest absolute Gasteiger partial charge is 0.316 e. The summed E-state index contributed by atoms with van der Waals surface area (Å²) >= 11 is 9.23. The Balaban J connectivity index is 2.06. The molecule has 1 atom stereocenters. The van der Waals surface area contributed by atoms with Crippen LogP contribution in [0.4, 0.5) is 5.69 Å². The van der Waals surface area contributed by atoms with Crippen LogP contribution < -0.4 is 10.0 Å². The fourth-order valence-electron chi connectivity index (χ4n) is 2.17. The number of hydrogen-bond acceptors (Lipinski definition) is 3. The molecule has 1 fully saturated rings. The van der Waals surface area contributed by atoms with Crippen LogP contribution in [0.5, 0.6) is 0 Å². The lowest BCUT2D eigenvalue weighted by Gasteiger charge is -2.22. The summed E-state index contributed by atoms with van der Waals surface area (Å²) in [7, 11) is -3.35. The second-order valence-corrected chi connectivity index (χ2v) is 7.66. The van der Waals surface area contributed by atoms with Gasteiger partial charge in [-0.25, -0.2) is 8.42 Å². The van der Waals surface area contributed by atoms with Crippen molar-refractivity contribution in [1.29, 1.82) is 0 Å². The van der Waals surface area contributed by atoms with E-state index in [0.717, 1.165) is 25.9 Å². The number of rotatable bonds is 4. The van der Waals surface area contributed by atoms with E-state index in [1.54, 1.807) is 18.2 Å². The van der Waals surface area contributed by atoms with E-state index in [1.165, 1.54) is 0 Å². The molecule has 4 nitrogen and oxygen atoms in total. The first-order valence-corrected chi connectivity index (χ1v) is 8.95. The number of piperidine rings is 1. The zero-order chi connectivity index (χ0) is 13.9. The second kappa shape index (κ2) is 6.43. The number of halogens is 2.